The minimum atomic E-state index is -0.147. The molecule has 0 spiro atoms. The Labute approximate surface area is 214 Å². The van der Waals surface area contributed by atoms with Crippen LogP contribution in [0.3, 0.4) is 0 Å². The maximum Gasteiger partial charge on any atom is 0.257 e. The molecule has 2 amide bonds. The number of para-hydroxylation sites is 1. The maximum absolute atomic E-state index is 13.3. The number of carbonyl (C=O) groups excluding carboxylic acids is 2. The van der Waals surface area contributed by atoms with Crippen LogP contribution in [0.4, 0.5) is 5.69 Å². The predicted molar refractivity (Wildman–Crippen MR) is 141 cm³/mol. The molecule has 196 valence electrons. The minimum Gasteiger partial charge on any atom is -0.496 e. The van der Waals surface area contributed by atoms with Crippen LogP contribution in [0.5, 0.6) is 11.5 Å². The third kappa shape index (κ3) is 6.77. The lowest BCUT2D eigenvalue weighted by Crippen LogP contribution is -2.46. The Morgan fingerprint density at radius 1 is 1.14 bits per heavy atom. The van der Waals surface area contributed by atoms with Gasteiger partial charge in [-0.3, -0.25) is 14.5 Å². The van der Waals surface area contributed by atoms with E-state index in [9.17, 15) is 9.59 Å². The SMILES string of the molecule is CCC(=O)Nc1ccc2c(c1)OC[C@H](C)N(Cc1ccccc1OC)C[C@H](C)[C@H](OC)CN(C)C2=O. The van der Waals surface area contributed by atoms with Crippen LogP contribution in [0.1, 0.15) is 43.1 Å². The fourth-order valence-corrected chi connectivity index (χ4v) is 4.45. The smallest absolute Gasteiger partial charge is 0.257 e. The van der Waals surface area contributed by atoms with E-state index in [0.29, 0.717) is 43.1 Å². The Balaban J connectivity index is 1.96. The molecule has 3 rings (SSSR count). The third-order valence-electron chi connectivity index (χ3n) is 6.75. The molecule has 0 bridgehead atoms. The Bertz CT molecular complexity index is 1040. The first-order valence-electron chi connectivity index (χ1n) is 12.5. The molecule has 8 nitrogen and oxygen atoms in total. The van der Waals surface area contributed by atoms with Gasteiger partial charge in [0.1, 0.15) is 18.1 Å². The molecule has 0 aliphatic carbocycles. The van der Waals surface area contributed by atoms with Crippen molar-refractivity contribution in [2.24, 2.45) is 5.92 Å². The monoisotopic (exact) mass is 497 g/mol. The second-order valence-corrected chi connectivity index (χ2v) is 9.45. The van der Waals surface area contributed by atoms with Crippen molar-refractivity contribution in [2.45, 2.75) is 45.9 Å². The topological polar surface area (TPSA) is 80.3 Å². The second kappa shape index (κ2) is 12.7. The molecule has 0 aromatic heterocycles. The number of amides is 2. The number of hydrogen-bond acceptors (Lipinski definition) is 6. The number of hydrogen-bond donors (Lipinski definition) is 1. The lowest BCUT2D eigenvalue weighted by molar-refractivity contribution is -0.115. The van der Waals surface area contributed by atoms with Crippen molar-refractivity contribution >= 4 is 17.5 Å². The van der Waals surface area contributed by atoms with E-state index in [1.165, 1.54) is 0 Å². The number of anilines is 1. The highest BCUT2D eigenvalue weighted by molar-refractivity contribution is 5.98. The first-order chi connectivity index (χ1) is 17.3. The Kier molecular flexibility index (Phi) is 9.73. The van der Waals surface area contributed by atoms with Gasteiger partial charge in [-0.25, -0.2) is 0 Å². The van der Waals surface area contributed by atoms with Crippen LogP contribution >= 0.6 is 0 Å². The highest BCUT2D eigenvalue weighted by Gasteiger charge is 2.29. The molecule has 2 aromatic carbocycles. The van der Waals surface area contributed by atoms with Gasteiger partial charge < -0.3 is 24.4 Å². The van der Waals surface area contributed by atoms with Crippen LogP contribution in [0.25, 0.3) is 0 Å². The van der Waals surface area contributed by atoms with Crippen molar-refractivity contribution in [3.8, 4) is 11.5 Å². The second-order valence-electron chi connectivity index (χ2n) is 9.45. The fraction of sp³-hybridized carbons (Fsp3) is 0.500. The molecule has 2 aromatic rings. The molecule has 0 saturated heterocycles. The number of nitrogens with zero attached hydrogens (tertiary/aromatic N) is 2. The first-order valence-corrected chi connectivity index (χ1v) is 12.5. The summed E-state index contributed by atoms with van der Waals surface area (Å²) in [5.74, 6) is 1.21. The maximum atomic E-state index is 13.3. The normalized spacial score (nSPS) is 21.6. The summed E-state index contributed by atoms with van der Waals surface area (Å²) in [7, 11) is 5.15. The number of methoxy groups -OCH3 is 2. The summed E-state index contributed by atoms with van der Waals surface area (Å²) in [5, 5.41) is 2.85. The van der Waals surface area contributed by atoms with Crippen molar-refractivity contribution in [1.82, 2.24) is 9.80 Å². The van der Waals surface area contributed by atoms with E-state index < -0.39 is 0 Å². The molecule has 0 saturated carbocycles. The zero-order valence-electron chi connectivity index (χ0n) is 22.2. The molecule has 0 radical (unpaired) electrons. The van der Waals surface area contributed by atoms with Crippen LogP contribution in [-0.4, -0.2) is 74.7 Å². The highest BCUT2D eigenvalue weighted by atomic mass is 16.5. The molecule has 1 N–H and O–H groups in total. The Morgan fingerprint density at radius 3 is 2.58 bits per heavy atom. The van der Waals surface area contributed by atoms with Gasteiger partial charge in [0, 0.05) is 63.6 Å². The van der Waals surface area contributed by atoms with E-state index in [0.717, 1.165) is 17.9 Å². The summed E-state index contributed by atoms with van der Waals surface area (Å²) in [6.07, 6.45) is 0.226. The van der Waals surface area contributed by atoms with Gasteiger partial charge in [0.15, 0.2) is 0 Å². The van der Waals surface area contributed by atoms with E-state index in [2.05, 4.69) is 30.1 Å². The molecular formula is C28H39N3O5. The average Bonchev–Trinajstić information content (AvgIpc) is 2.89. The largest absolute Gasteiger partial charge is 0.496 e. The van der Waals surface area contributed by atoms with Gasteiger partial charge in [0.2, 0.25) is 5.91 Å². The summed E-state index contributed by atoms with van der Waals surface area (Å²) >= 11 is 0. The third-order valence-corrected chi connectivity index (χ3v) is 6.75. The number of rotatable bonds is 6. The summed E-state index contributed by atoms with van der Waals surface area (Å²) < 4.78 is 17.7. The zero-order valence-corrected chi connectivity index (χ0v) is 22.2. The van der Waals surface area contributed by atoms with Gasteiger partial charge in [-0.15, -0.1) is 0 Å². The number of carbonyl (C=O) groups is 2. The van der Waals surface area contributed by atoms with E-state index in [-0.39, 0.29) is 29.9 Å². The van der Waals surface area contributed by atoms with Gasteiger partial charge in [0.05, 0.1) is 18.8 Å². The highest BCUT2D eigenvalue weighted by Crippen LogP contribution is 2.28. The fourth-order valence-electron chi connectivity index (χ4n) is 4.45. The lowest BCUT2D eigenvalue weighted by Gasteiger charge is -2.36. The average molecular weight is 498 g/mol. The number of fused-ring (bicyclic) bond motifs is 1. The molecule has 0 unspecified atom stereocenters. The lowest BCUT2D eigenvalue weighted by atomic mass is 10.0. The van der Waals surface area contributed by atoms with Gasteiger partial charge in [0.25, 0.3) is 5.91 Å². The summed E-state index contributed by atoms with van der Waals surface area (Å²) in [6.45, 7) is 8.31. The van der Waals surface area contributed by atoms with Crippen LogP contribution in [0.15, 0.2) is 42.5 Å². The molecule has 1 aliphatic heterocycles. The van der Waals surface area contributed by atoms with E-state index in [4.69, 9.17) is 14.2 Å². The van der Waals surface area contributed by atoms with Gasteiger partial charge in [-0.05, 0) is 31.0 Å². The van der Waals surface area contributed by atoms with E-state index in [1.807, 2.05) is 18.2 Å². The Morgan fingerprint density at radius 2 is 1.89 bits per heavy atom. The molecule has 3 atom stereocenters. The van der Waals surface area contributed by atoms with Crippen LogP contribution in [0, 0.1) is 5.92 Å². The number of ether oxygens (including phenoxy) is 3. The molecular weight excluding hydrogens is 458 g/mol. The molecule has 0 fully saturated rings. The van der Waals surface area contributed by atoms with Crippen molar-refractivity contribution in [1.29, 1.82) is 0 Å². The molecule has 1 heterocycles. The van der Waals surface area contributed by atoms with Crippen LogP contribution in [-0.2, 0) is 16.1 Å². The molecule has 8 heteroatoms. The van der Waals surface area contributed by atoms with E-state index >= 15 is 0 Å². The predicted octanol–water partition coefficient (Wildman–Crippen LogP) is 4.05. The zero-order chi connectivity index (χ0) is 26.2. The van der Waals surface area contributed by atoms with Crippen molar-refractivity contribution in [3.05, 3.63) is 53.6 Å². The first kappa shape index (κ1) is 27.5. The number of likely N-dealkylation sites (N-methyl/N-ethyl adjacent to an activating group) is 1. The summed E-state index contributed by atoms with van der Waals surface area (Å²) in [6, 6.07) is 13.2. The Hall–Kier alpha value is -3.10. The van der Waals surface area contributed by atoms with Gasteiger partial charge in [-0.2, -0.15) is 0 Å². The molecule has 1 aliphatic rings. The molecule has 36 heavy (non-hydrogen) atoms. The van der Waals surface area contributed by atoms with Crippen LogP contribution in [0.2, 0.25) is 0 Å². The standard InChI is InChI=1S/C28H39N3O5/c1-7-27(32)29-22-12-13-23-25(14-22)36-18-20(3)31(16-21-10-8-9-11-24(21)34-5)15-19(2)26(35-6)17-30(4)28(23)33/h8-14,19-20,26H,7,15-18H2,1-6H3,(H,29,32)/t19-,20-,26+/m0/s1. The van der Waals surface area contributed by atoms with Gasteiger partial charge in [-0.1, -0.05) is 32.0 Å². The quantitative estimate of drug-likeness (QED) is 0.649. The van der Waals surface area contributed by atoms with Crippen molar-refractivity contribution < 1.29 is 23.8 Å². The van der Waals surface area contributed by atoms with Crippen LogP contribution < -0.4 is 14.8 Å². The van der Waals surface area contributed by atoms with Gasteiger partial charge >= 0.3 is 0 Å². The minimum absolute atomic E-state index is 0.0314. The van der Waals surface area contributed by atoms with Crippen molar-refractivity contribution in [2.75, 3.05) is 46.3 Å². The number of benzene rings is 2. The van der Waals surface area contributed by atoms with E-state index in [1.54, 1.807) is 51.3 Å². The summed E-state index contributed by atoms with van der Waals surface area (Å²) in [4.78, 5) is 29.3. The number of nitrogens with one attached hydrogen (secondary N) is 1. The van der Waals surface area contributed by atoms with Crippen molar-refractivity contribution in [3.63, 3.8) is 0 Å². The summed E-state index contributed by atoms with van der Waals surface area (Å²) in [5.41, 5.74) is 2.15.